The molecule has 1 aliphatic carbocycles. The van der Waals surface area contributed by atoms with E-state index in [1.54, 1.807) is 6.08 Å². The van der Waals surface area contributed by atoms with Gasteiger partial charge in [-0.2, -0.15) is 0 Å². The second kappa shape index (κ2) is 3.19. The summed E-state index contributed by atoms with van der Waals surface area (Å²) in [6.45, 7) is 1.91. The lowest BCUT2D eigenvalue weighted by atomic mass is 9.98. The lowest BCUT2D eigenvalue weighted by Crippen LogP contribution is -2.16. The molecule has 0 saturated carbocycles. The van der Waals surface area contributed by atoms with E-state index in [4.69, 9.17) is 5.73 Å². The van der Waals surface area contributed by atoms with Crippen LogP contribution in [0.25, 0.3) is 0 Å². The van der Waals surface area contributed by atoms with E-state index in [9.17, 15) is 4.79 Å². The van der Waals surface area contributed by atoms with Crippen molar-refractivity contribution in [1.29, 1.82) is 0 Å². The zero-order valence-electron chi connectivity index (χ0n) is 6.50. The molecule has 0 aromatic carbocycles. The van der Waals surface area contributed by atoms with Crippen LogP contribution in [0, 0.1) is 0 Å². The van der Waals surface area contributed by atoms with Gasteiger partial charge in [-0.3, -0.25) is 4.79 Å². The molecule has 58 valence electrons. The normalized spacial score (nSPS) is 20.1. The molecule has 0 bridgehead atoms. The standard InChI is InChI=1S/C9H11NO/c1-2-7-5-3-4-6-8(7)9(10)11/h2-4,6H,5H2,1H3,(H2,10,11). The second-order valence-corrected chi connectivity index (χ2v) is 2.39. The van der Waals surface area contributed by atoms with Crippen LogP contribution in [0.2, 0.25) is 0 Å². The first-order valence-corrected chi connectivity index (χ1v) is 3.58. The summed E-state index contributed by atoms with van der Waals surface area (Å²) in [7, 11) is 0. The molecule has 0 aromatic heterocycles. The summed E-state index contributed by atoms with van der Waals surface area (Å²) in [6.07, 6.45) is 8.33. The molecule has 0 radical (unpaired) electrons. The van der Waals surface area contributed by atoms with Gasteiger partial charge in [0.05, 0.1) is 0 Å². The van der Waals surface area contributed by atoms with Gasteiger partial charge in [-0.05, 0) is 25.0 Å². The number of carbonyl (C=O) groups excluding carboxylic acids is 1. The van der Waals surface area contributed by atoms with Crippen molar-refractivity contribution >= 4 is 5.91 Å². The minimum Gasteiger partial charge on any atom is -0.366 e. The fraction of sp³-hybridized carbons (Fsp3) is 0.222. The maximum Gasteiger partial charge on any atom is 0.248 e. The first-order valence-electron chi connectivity index (χ1n) is 3.58. The Bertz CT molecular complexity index is 259. The highest BCUT2D eigenvalue weighted by molar-refractivity contribution is 5.97. The second-order valence-electron chi connectivity index (χ2n) is 2.39. The van der Waals surface area contributed by atoms with Crippen molar-refractivity contribution in [2.75, 3.05) is 0 Å². The topological polar surface area (TPSA) is 43.1 Å². The van der Waals surface area contributed by atoms with Crippen LogP contribution in [-0.4, -0.2) is 5.91 Å². The van der Waals surface area contributed by atoms with Gasteiger partial charge in [-0.25, -0.2) is 0 Å². The number of hydrogen-bond acceptors (Lipinski definition) is 1. The third-order valence-corrected chi connectivity index (χ3v) is 1.70. The minimum atomic E-state index is -0.345. The van der Waals surface area contributed by atoms with Gasteiger partial charge in [0, 0.05) is 5.57 Å². The van der Waals surface area contributed by atoms with Crippen LogP contribution in [0.15, 0.2) is 35.5 Å². The van der Waals surface area contributed by atoms with E-state index >= 15 is 0 Å². The first-order chi connectivity index (χ1) is 5.25. The van der Waals surface area contributed by atoms with Crippen molar-refractivity contribution < 1.29 is 4.79 Å². The van der Waals surface area contributed by atoms with Crippen LogP contribution in [0.5, 0.6) is 0 Å². The molecular weight excluding hydrogens is 138 g/mol. The summed E-state index contributed by atoms with van der Waals surface area (Å²) in [6, 6.07) is 0. The van der Waals surface area contributed by atoms with Crippen molar-refractivity contribution in [2.45, 2.75) is 13.3 Å². The Morgan fingerprint density at radius 3 is 2.91 bits per heavy atom. The van der Waals surface area contributed by atoms with Gasteiger partial charge in [0.15, 0.2) is 0 Å². The molecule has 0 atom stereocenters. The fourth-order valence-corrected chi connectivity index (χ4v) is 1.09. The van der Waals surface area contributed by atoms with E-state index in [0.29, 0.717) is 5.57 Å². The lowest BCUT2D eigenvalue weighted by molar-refractivity contribution is -0.114. The van der Waals surface area contributed by atoms with Crippen LogP contribution < -0.4 is 5.73 Å². The smallest absolute Gasteiger partial charge is 0.248 e. The Balaban J connectivity index is 2.97. The monoisotopic (exact) mass is 149 g/mol. The Morgan fingerprint density at radius 2 is 2.45 bits per heavy atom. The molecule has 2 nitrogen and oxygen atoms in total. The first kappa shape index (κ1) is 7.79. The number of allylic oxidation sites excluding steroid dienone is 4. The summed E-state index contributed by atoms with van der Waals surface area (Å²) in [5.74, 6) is -0.345. The number of amides is 1. The highest BCUT2D eigenvalue weighted by atomic mass is 16.1. The molecule has 1 aliphatic rings. The molecule has 11 heavy (non-hydrogen) atoms. The molecule has 0 fully saturated rings. The van der Waals surface area contributed by atoms with Gasteiger partial charge in [0.2, 0.25) is 5.91 Å². The zero-order valence-corrected chi connectivity index (χ0v) is 6.50. The Morgan fingerprint density at radius 1 is 1.73 bits per heavy atom. The van der Waals surface area contributed by atoms with Crippen LogP contribution in [-0.2, 0) is 4.79 Å². The number of carbonyl (C=O) groups is 1. The summed E-state index contributed by atoms with van der Waals surface area (Å²) in [4.78, 5) is 10.8. The van der Waals surface area contributed by atoms with Crippen LogP contribution in [0.4, 0.5) is 0 Å². The summed E-state index contributed by atoms with van der Waals surface area (Å²) >= 11 is 0. The van der Waals surface area contributed by atoms with Crippen LogP contribution in [0.1, 0.15) is 13.3 Å². The highest BCUT2D eigenvalue weighted by Gasteiger charge is 2.10. The lowest BCUT2D eigenvalue weighted by Gasteiger charge is -2.08. The summed E-state index contributed by atoms with van der Waals surface area (Å²) in [5.41, 5.74) is 6.80. The summed E-state index contributed by atoms with van der Waals surface area (Å²) in [5, 5.41) is 0. The third-order valence-electron chi connectivity index (χ3n) is 1.70. The van der Waals surface area contributed by atoms with Crippen molar-refractivity contribution in [3.8, 4) is 0 Å². The molecule has 0 unspecified atom stereocenters. The SMILES string of the molecule is CC=C1CC=CC=C1C(N)=O. The average Bonchev–Trinajstić information content (AvgIpc) is 2.04. The Hall–Kier alpha value is -1.31. The molecule has 1 amide bonds. The van der Waals surface area contributed by atoms with Crippen LogP contribution >= 0.6 is 0 Å². The molecule has 2 heteroatoms. The fourth-order valence-electron chi connectivity index (χ4n) is 1.09. The van der Waals surface area contributed by atoms with Gasteiger partial charge < -0.3 is 5.73 Å². The van der Waals surface area contributed by atoms with Crippen LogP contribution in [0.3, 0.4) is 0 Å². The minimum absolute atomic E-state index is 0.345. The Labute approximate surface area is 66.1 Å². The van der Waals surface area contributed by atoms with Gasteiger partial charge >= 0.3 is 0 Å². The predicted octanol–water partition coefficient (Wildman–Crippen LogP) is 1.30. The Kier molecular flexibility index (Phi) is 2.26. The molecule has 0 spiro atoms. The van der Waals surface area contributed by atoms with Crippen molar-refractivity contribution in [2.24, 2.45) is 5.73 Å². The number of nitrogens with two attached hydrogens (primary N) is 1. The zero-order chi connectivity index (χ0) is 8.27. The average molecular weight is 149 g/mol. The quantitative estimate of drug-likeness (QED) is 0.600. The maximum absolute atomic E-state index is 10.8. The van der Waals surface area contributed by atoms with E-state index in [1.807, 2.05) is 25.2 Å². The highest BCUT2D eigenvalue weighted by Crippen LogP contribution is 2.18. The van der Waals surface area contributed by atoms with E-state index in [1.165, 1.54) is 0 Å². The molecule has 0 saturated heterocycles. The van der Waals surface area contributed by atoms with E-state index in [-0.39, 0.29) is 5.91 Å². The van der Waals surface area contributed by atoms with Gasteiger partial charge in [-0.1, -0.05) is 18.2 Å². The van der Waals surface area contributed by atoms with Gasteiger partial charge in [-0.15, -0.1) is 0 Å². The molecule has 0 aromatic rings. The van der Waals surface area contributed by atoms with Crippen molar-refractivity contribution in [3.05, 3.63) is 35.5 Å². The predicted molar refractivity (Wildman–Crippen MR) is 44.8 cm³/mol. The maximum atomic E-state index is 10.8. The van der Waals surface area contributed by atoms with Crippen molar-refractivity contribution in [3.63, 3.8) is 0 Å². The number of primary amides is 1. The summed E-state index contributed by atoms with van der Waals surface area (Å²) < 4.78 is 0. The van der Waals surface area contributed by atoms with Gasteiger partial charge in [0.25, 0.3) is 0 Å². The van der Waals surface area contributed by atoms with E-state index in [0.717, 1.165) is 12.0 Å². The third kappa shape index (κ3) is 1.58. The van der Waals surface area contributed by atoms with Gasteiger partial charge in [0.1, 0.15) is 0 Å². The molecule has 0 heterocycles. The van der Waals surface area contributed by atoms with E-state index in [2.05, 4.69) is 0 Å². The van der Waals surface area contributed by atoms with Crippen molar-refractivity contribution in [1.82, 2.24) is 0 Å². The van der Waals surface area contributed by atoms with E-state index < -0.39 is 0 Å². The number of hydrogen-bond donors (Lipinski definition) is 1. The molecule has 0 aliphatic heterocycles. The molecule has 2 N–H and O–H groups in total. The molecule has 1 rings (SSSR count). The number of rotatable bonds is 1. The largest absolute Gasteiger partial charge is 0.366 e. The molecular formula is C9H11NO.